The molecule has 1 saturated heterocycles. The maximum Gasteiger partial charge on any atom is 0.486 e. The molecule has 88 valence electrons. The van der Waals surface area contributed by atoms with Gasteiger partial charge in [0.25, 0.3) is 6.43 Å². The quantitative estimate of drug-likeness (QED) is 0.513. The third-order valence-electron chi connectivity index (χ3n) is 2.18. The van der Waals surface area contributed by atoms with Crippen molar-refractivity contribution in [2.24, 2.45) is 0 Å². The van der Waals surface area contributed by atoms with Gasteiger partial charge in [-0.1, -0.05) is 13.7 Å². The Kier molecular flexibility index (Phi) is 3.44. The summed E-state index contributed by atoms with van der Waals surface area (Å²) in [7, 11) is -13.4. The molecule has 0 aromatic carbocycles. The van der Waals surface area contributed by atoms with Crippen LogP contribution >= 0.6 is 22.9 Å². The van der Waals surface area contributed by atoms with E-state index in [1.807, 2.05) is 0 Å². The Hall–Kier alpha value is 0.555. The van der Waals surface area contributed by atoms with Gasteiger partial charge in [-0.15, -0.1) is 0 Å². The molecule has 12 heteroatoms. The van der Waals surface area contributed by atoms with Crippen LogP contribution < -0.4 is 0 Å². The van der Waals surface area contributed by atoms with Crippen LogP contribution in [0, 0.1) is 0 Å². The van der Waals surface area contributed by atoms with Gasteiger partial charge in [-0.25, -0.2) is 13.4 Å². The molecular weight excluding hydrogens is 268 g/mol. The second kappa shape index (κ2) is 3.79. The molecule has 1 aliphatic rings. The van der Waals surface area contributed by atoms with E-state index in [0.29, 0.717) is 0 Å². The van der Waals surface area contributed by atoms with Gasteiger partial charge in [0.1, 0.15) is 0 Å². The lowest BCUT2D eigenvalue weighted by Crippen LogP contribution is -1.89. The molecule has 0 amide bonds. The molecule has 3 unspecified atom stereocenters. The van der Waals surface area contributed by atoms with E-state index in [1.165, 1.54) is 0 Å². The van der Waals surface area contributed by atoms with Crippen molar-refractivity contribution in [2.75, 3.05) is 0 Å². The van der Waals surface area contributed by atoms with Crippen molar-refractivity contribution in [3.8, 4) is 0 Å². The largest absolute Gasteiger partial charge is 0.486 e. The minimum atomic E-state index is -5.14. The lowest BCUT2D eigenvalue weighted by atomic mass is 9.79. The molecule has 8 nitrogen and oxygen atoms in total. The van der Waals surface area contributed by atoms with Gasteiger partial charge >= 0.3 is 15.6 Å². The van der Waals surface area contributed by atoms with Crippen molar-refractivity contribution in [3.63, 3.8) is 0 Å². The van der Waals surface area contributed by atoms with E-state index in [-0.39, 0.29) is 0 Å². The second-order valence-corrected chi connectivity index (χ2v) is 9.39. The minimum absolute atomic E-state index is 0.404. The first kappa shape index (κ1) is 13.6. The maximum atomic E-state index is 11.6. The summed E-state index contributed by atoms with van der Waals surface area (Å²) in [6.07, 6.45) is -0.404. The van der Waals surface area contributed by atoms with Gasteiger partial charge in [0.2, 0.25) is 0 Å². The van der Waals surface area contributed by atoms with Crippen LogP contribution in [-0.2, 0) is 22.3 Å². The summed E-state index contributed by atoms with van der Waals surface area (Å²) in [5.74, 6) is 0. The fourth-order valence-electron chi connectivity index (χ4n) is 1.08. The molecule has 0 spiro atoms. The van der Waals surface area contributed by atoms with Crippen LogP contribution in [0.5, 0.6) is 0 Å². The van der Waals surface area contributed by atoms with Crippen LogP contribution in [0.25, 0.3) is 0 Å². The molecule has 3 atom stereocenters. The fraction of sp³-hybridized carbons (Fsp3) is 1.00. The zero-order valence-corrected chi connectivity index (χ0v) is 10.6. The predicted molar refractivity (Wildman–Crippen MR) is 52.7 cm³/mol. The van der Waals surface area contributed by atoms with Gasteiger partial charge in [-0.05, 0) is 0 Å². The highest BCUT2D eigenvalue weighted by Gasteiger charge is 2.64. The van der Waals surface area contributed by atoms with Crippen molar-refractivity contribution in [1.82, 2.24) is 0 Å². The molecule has 0 radical (unpaired) electrons. The second-order valence-electron chi connectivity index (χ2n) is 3.25. The Balaban J connectivity index is 2.71. The van der Waals surface area contributed by atoms with Gasteiger partial charge in [-0.3, -0.25) is 0 Å². The number of phosphoric acid groups is 2. The third-order valence-corrected chi connectivity index (χ3v) is 8.53. The van der Waals surface area contributed by atoms with Gasteiger partial charge < -0.3 is 19.2 Å². The lowest BCUT2D eigenvalue weighted by molar-refractivity contribution is 0.232. The highest BCUT2D eigenvalue weighted by molar-refractivity contribution is 8.09. The average molecular weight is 278 g/mol. The van der Waals surface area contributed by atoms with E-state index in [1.54, 1.807) is 13.7 Å². The number of rotatable bonds is 4. The first-order valence-electron chi connectivity index (χ1n) is 3.88. The number of hydrogen-bond acceptors (Lipinski definition) is 5. The Morgan fingerprint density at radius 2 is 1.73 bits per heavy atom. The van der Waals surface area contributed by atoms with Crippen LogP contribution in [-0.4, -0.2) is 26.7 Å². The number of hydrogen-bond donors (Lipinski definition) is 3. The summed E-state index contributed by atoms with van der Waals surface area (Å²) in [6.45, 7) is 3.09. The van der Waals surface area contributed by atoms with Crippen molar-refractivity contribution < 1.29 is 37.0 Å². The average Bonchev–Trinajstić information content (AvgIpc) is 2.33. The normalized spacial score (nSPS) is 35.0. The third kappa shape index (κ3) is 3.25. The Labute approximate surface area is 86.3 Å². The Morgan fingerprint density at radius 3 is 2.00 bits per heavy atom. The van der Waals surface area contributed by atoms with E-state index in [0.717, 1.165) is 0 Å². The fourth-order valence-corrected chi connectivity index (χ4v) is 6.59. The molecule has 15 heavy (non-hydrogen) atoms. The van der Waals surface area contributed by atoms with E-state index in [2.05, 4.69) is 8.62 Å². The molecule has 0 aromatic rings. The maximum absolute atomic E-state index is 11.6. The van der Waals surface area contributed by atoms with Crippen LogP contribution in [0.3, 0.4) is 0 Å². The molecule has 3 N–H and O–H groups in total. The summed E-state index contributed by atoms with van der Waals surface area (Å²) in [4.78, 5) is 25.5. The van der Waals surface area contributed by atoms with Crippen molar-refractivity contribution in [3.05, 3.63) is 0 Å². The van der Waals surface area contributed by atoms with Crippen molar-refractivity contribution in [2.45, 2.75) is 19.3 Å². The van der Waals surface area contributed by atoms with Crippen LogP contribution in [0.15, 0.2) is 0 Å². The standard InChI is InChI=1S/C3H10BO8P3/c1-3-4(2)13(3,5)11-15(9,10)12-14(6,7)8/h3H,1-2H3,(H,9,10)(H2,6,7,8). The monoisotopic (exact) mass is 278 g/mol. The first-order chi connectivity index (χ1) is 6.48. The van der Waals surface area contributed by atoms with E-state index >= 15 is 0 Å². The summed E-state index contributed by atoms with van der Waals surface area (Å²) in [6, 6.07) is 0. The Bertz CT molecular complexity index is 388. The first-order valence-corrected chi connectivity index (χ1v) is 8.67. The zero-order valence-electron chi connectivity index (χ0n) is 7.88. The molecule has 0 aliphatic carbocycles. The zero-order chi connectivity index (χ0) is 12.1. The SMILES string of the molecule is CB1C(C)P1(=O)OP(=O)(O)OP(=O)(O)O. The molecule has 0 aromatic heterocycles. The smallest absolute Gasteiger partial charge is 0.304 e. The predicted octanol–water partition coefficient (Wildman–Crippen LogP) is 1.05. The molecule has 1 rings (SSSR count). The van der Waals surface area contributed by atoms with E-state index in [9.17, 15) is 13.7 Å². The topological polar surface area (TPSA) is 130 Å². The van der Waals surface area contributed by atoms with Crippen molar-refractivity contribution in [1.29, 1.82) is 0 Å². The molecular formula is C3H10BO8P3. The van der Waals surface area contributed by atoms with E-state index in [4.69, 9.17) is 14.7 Å². The van der Waals surface area contributed by atoms with Crippen molar-refractivity contribution >= 4 is 29.3 Å². The van der Waals surface area contributed by atoms with Crippen LogP contribution in [0.2, 0.25) is 6.82 Å². The molecule has 1 aliphatic heterocycles. The van der Waals surface area contributed by atoms with Gasteiger partial charge in [0.15, 0.2) is 7.25 Å². The minimum Gasteiger partial charge on any atom is -0.304 e. The van der Waals surface area contributed by atoms with Gasteiger partial charge in [0.05, 0.1) is 0 Å². The van der Waals surface area contributed by atoms with Crippen LogP contribution in [0.4, 0.5) is 0 Å². The highest BCUT2D eigenvalue weighted by atomic mass is 31.3. The van der Waals surface area contributed by atoms with Gasteiger partial charge in [-0.2, -0.15) is 4.31 Å². The molecule has 1 fully saturated rings. The van der Waals surface area contributed by atoms with E-state index < -0.39 is 34.9 Å². The summed E-state index contributed by atoms with van der Waals surface area (Å²) < 4.78 is 40.7. The molecule has 0 saturated carbocycles. The molecule has 0 bridgehead atoms. The summed E-state index contributed by atoms with van der Waals surface area (Å²) in [5, 5.41) is 0. The lowest BCUT2D eigenvalue weighted by Gasteiger charge is -2.12. The highest BCUT2D eigenvalue weighted by Crippen LogP contribution is 2.79. The molecule has 1 heterocycles. The Morgan fingerprint density at radius 1 is 1.33 bits per heavy atom. The summed E-state index contributed by atoms with van der Waals surface area (Å²) >= 11 is 0. The van der Waals surface area contributed by atoms with Crippen LogP contribution in [0.1, 0.15) is 6.92 Å². The van der Waals surface area contributed by atoms with Gasteiger partial charge in [0, 0.05) is 5.56 Å². The summed E-state index contributed by atoms with van der Waals surface area (Å²) in [5.41, 5.74) is -0.404.